The lowest BCUT2D eigenvalue weighted by Gasteiger charge is -2.09. The summed E-state index contributed by atoms with van der Waals surface area (Å²) in [6.07, 6.45) is 3.91. The Balaban J connectivity index is 4.86. The molecule has 7 heteroatoms. The summed E-state index contributed by atoms with van der Waals surface area (Å²) in [4.78, 5) is 29.6. The van der Waals surface area contributed by atoms with E-state index in [1.165, 1.54) is 6.92 Å². The molecule has 0 aliphatic carbocycles. The number of carbonyl (C=O) groups excluding carboxylic acids is 2. The number of hydroxylamine groups is 1. The first-order valence-corrected chi connectivity index (χ1v) is 5.40. The van der Waals surface area contributed by atoms with Gasteiger partial charge in [0.15, 0.2) is 0 Å². The number of nitrogens with one attached hydrogen (secondary N) is 1. The van der Waals surface area contributed by atoms with Crippen molar-refractivity contribution in [1.82, 2.24) is 5.48 Å². The molecule has 0 fully saturated rings. The van der Waals surface area contributed by atoms with Gasteiger partial charge in [0.05, 0.1) is 0 Å². The molecule has 0 saturated carbocycles. The monoisotopic (exact) mass is 252 g/mol. The zero-order valence-electron chi connectivity index (χ0n) is 10.6. The fourth-order valence-corrected chi connectivity index (χ4v) is 1.19. The average molecular weight is 252 g/mol. The van der Waals surface area contributed by atoms with Gasteiger partial charge in [-0.2, -0.15) is 0 Å². The van der Waals surface area contributed by atoms with Gasteiger partial charge in [-0.15, -0.1) is 0 Å². The van der Waals surface area contributed by atoms with E-state index >= 15 is 0 Å². The summed E-state index contributed by atoms with van der Waals surface area (Å²) in [5.41, 5.74) is 11.2. The SMILES string of the molecule is C/C=C(CONC(C)=O)/C(=C\CC)C(=O)N=[N+]=[N-]. The number of hydrogen-bond donors (Lipinski definition) is 1. The maximum absolute atomic E-state index is 11.6. The van der Waals surface area contributed by atoms with Gasteiger partial charge < -0.3 is 0 Å². The molecular formula is C11H16N4O3. The van der Waals surface area contributed by atoms with E-state index in [1.807, 2.05) is 6.92 Å². The lowest BCUT2D eigenvalue weighted by atomic mass is 10.1. The second kappa shape index (κ2) is 8.98. The van der Waals surface area contributed by atoms with E-state index in [4.69, 9.17) is 10.4 Å². The number of rotatable bonds is 6. The molecule has 0 heterocycles. The minimum Gasteiger partial charge on any atom is -0.287 e. The Morgan fingerprint density at radius 3 is 2.61 bits per heavy atom. The van der Waals surface area contributed by atoms with Crippen molar-refractivity contribution in [1.29, 1.82) is 0 Å². The molecule has 18 heavy (non-hydrogen) atoms. The van der Waals surface area contributed by atoms with Gasteiger partial charge in [-0.3, -0.25) is 14.4 Å². The molecule has 7 nitrogen and oxygen atoms in total. The van der Waals surface area contributed by atoms with E-state index in [-0.39, 0.29) is 18.1 Å². The van der Waals surface area contributed by atoms with Gasteiger partial charge in [0.2, 0.25) is 11.8 Å². The summed E-state index contributed by atoms with van der Waals surface area (Å²) in [6, 6.07) is 0. The molecule has 0 aliphatic heterocycles. The Morgan fingerprint density at radius 1 is 1.50 bits per heavy atom. The predicted octanol–water partition coefficient (Wildman–Crippen LogP) is 2.17. The van der Waals surface area contributed by atoms with Crippen molar-refractivity contribution in [3.05, 3.63) is 33.7 Å². The summed E-state index contributed by atoms with van der Waals surface area (Å²) in [7, 11) is 0. The lowest BCUT2D eigenvalue weighted by molar-refractivity contribution is -0.130. The van der Waals surface area contributed by atoms with E-state index in [2.05, 4.69) is 15.5 Å². The van der Waals surface area contributed by atoms with Crippen LogP contribution in [-0.2, 0) is 14.4 Å². The first-order valence-electron chi connectivity index (χ1n) is 5.40. The Bertz CT molecular complexity index is 420. The van der Waals surface area contributed by atoms with Gasteiger partial charge in [0.25, 0.3) is 0 Å². The molecule has 0 aromatic carbocycles. The lowest BCUT2D eigenvalue weighted by Crippen LogP contribution is -2.22. The Kier molecular flexibility index (Phi) is 7.92. The molecular weight excluding hydrogens is 236 g/mol. The van der Waals surface area contributed by atoms with Gasteiger partial charge in [-0.25, -0.2) is 5.48 Å². The summed E-state index contributed by atoms with van der Waals surface area (Å²) in [5.74, 6) is -1.01. The van der Waals surface area contributed by atoms with Crippen molar-refractivity contribution in [2.24, 2.45) is 5.11 Å². The molecule has 0 radical (unpaired) electrons. The van der Waals surface area contributed by atoms with Crippen molar-refractivity contribution in [3.63, 3.8) is 0 Å². The van der Waals surface area contributed by atoms with Crippen LogP contribution in [-0.4, -0.2) is 18.4 Å². The van der Waals surface area contributed by atoms with Crippen molar-refractivity contribution in [2.45, 2.75) is 27.2 Å². The molecule has 0 unspecified atom stereocenters. The molecule has 0 rings (SSSR count). The van der Waals surface area contributed by atoms with Crippen molar-refractivity contribution in [3.8, 4) is 0 Å². The minimum atomic E-state index is -0.668. The number of amides is 2. The van der Waals surface area contributed by atoms with Crippen LogP contribution < -0.4 is 5.48 Å². The molecule has 0 spiro atoms. The highest BCUT2D eigenvalue weighted by atomic mass is 16.6. The van der Waals surface area contributed by atoms with Crippen LogP contribution in [0, 0.1) is 0 Å². The van der Waals surface area contributed by atoms with E-state index < -0.39 is 5.91 Å². The zero-order valence-corrected chi connectivity index (χ0v) is 10.6. The van der Waals surface area contributed by atoms with Crippen LogP contribution in [0.2, 0.25) is 0 Å². The third-order valence-electron chi connectivity index (χ3n) is 1.91. The quantitative estimate of drug-likeness (QED) is 0.195. The molecule has 0 bridgehead atoms. The van der Waals surface area contributed by atoms with Crippen LogP contribution in [0.1, 0.15) is 27.2 Å². The largest absolute Gasteiger partial charge is 0.287 e. The Labute approximate surface area is 105 Å². The molecule has 1 N–H and O–H groups in total. The topological polar surface area (TPSA) is 104 Å². The smallest absolute Gasteiger partial charge is 0.249 e. The van der Waals surface area contributed by atoms with Crippen LogP contribution in [0.15, 0.2) is 28.4 Å². The molecule has 0 aromatic rings. The second-order valence-electron chi connectivity index (χ2n) is 3.28. The number of carbonyl (C=O) groups is 2. The van der Waals surface area contributed by atoms with E-state index in [9.17, 15) is 9.59 Å². The third kappa shape index (κ3) is 5.83. The van der Waals surface area contributed by atoms with Crippen LogP contribution >= 0.6 is 0 Å². The predicted molar refractivity (Wildman–Crippen MR) is 66.1 cm³/mol. The standard InChI is InChI=1S/C11H16N4O3/c1-4-6-10(11(17)13-15-12)9(5-2)7-18-14-8(3)16/h5-6H,4,7H2,1-3H3,(H,14,16)/b9-5+,10-6+. The highest BCUT2D eigenvalue weighted by Gasteiger charge is 2.12. The summed E-state index contributed by atoms with van der Waals surface area (Å²) in [5, 5.41) is 3.05. The first kappa shape index (κ1) is 15.9. The molecule has 2 amide bonds. The summed E-state index contributed by atoms with van der Waals surface area (Å²) in [6.45, 7) is 4.91. The molecule has 0 atom stereocenters. The van der Waals surface area contributed by atoms with Crippen molar-refractivity contribution in [2.75, 3.05) is 6.61 Å². The number of hydrogen-bond acceptors (Lipinski definition) is 3. The molecule has 98 valence electrons. The van der Waals surface area contributed by atoms with Gasteiger partial charge in [0.1, 0.15) is 6.61 Å². The fourth-order valence-electron chi connectivity index (χ4n) is 1.19. The van der Waals surface area contributed by atoms with Crippen LogP contribution in [0.3, 0.4) is 0 Å². The first-order chi connectivity index (χ1) is 8.56. The minimum absolute atomic E-state index is 0.0224. The number of allylic oxidation sites excluding steroid dienone is 2. The van der Waals surface area contributed by atoms with E-state index in [0.717, 1.165) is 0 Å². The van der Waals surface area contributed by atoms with Gasteiger partial charge in [-0.05, 0) is 29.6 Å². The maximum atomic E-state index is 11.6. The molecule has 0 saturated heterocycles. The molecule has 0 aliphatic rings. The Morgan fingerprint density at radius 2 is 2.17 bits per heavy atom. The normalized spacial score (nSPS) is 11.7. The van der Waals surface area contributed by atoms with Gasteiger partial charge in [-0.1, -0.05) is 19.1 Å². The zero-order chi connectivity index (χ0) is 14.0. The second-order valence-corrected chi connectivity index (χ2v) is 3.28. The maximum Gasteiger partial charge on any atom is 0.249 e. The number of azide groups is 1. The van der Waals surface area contributed by atoms with Crippen LogP contribution in [0.5, 0.6) is 0 Å². The highest BCUT2D eigenvalue weighted by Crippen LogP contribution is 2.13. The van der Waals surface area contributed by atoms with Gasteiger partial charge >= 0.3 is 0 Å². The third-order valence-corrected chi connectivity index (χ3v) is 1.91. The van der Waals surface area contributed by atoms with E-state index in [0.29, 0.717) is 12.0 Å². The average Bonchev–Trinajstić information content (AvgIpc) is 2.32. The van der Waals surface area contributed by atoms with Crippen molar-refractivity contribution >= 4 is 11.8 Å². The van der Waals surface area contributed by atoms with E-state index in [1.54, 1.807) is 19.1 Å². The Hall–Kier alpha value is -2.11. The summed E-state index contributed by atoms with van der Waals surface area (Å²) < 4.78 is 0. The molecule has 0 aromatic heterocycles. The van der Waals surface area contributed by atoms with Gasteiger partial charge in [0, 0.05) is 17.4 Å². The highest BCUT2D eigenvalue weighted by molar-refractivity contribution is 5.98. The number of nitrogens with zero attached hydrogens (tertiary/aromatic N) is 3. The summed E-state index contributed by atoms with van der Waals surface area (Å²) >= 11 is 0. The fraction of sp³-hybridized carbons (Fsp3) is 0.455. The van der Waals surface area contributed by atoms with Crippen LogP contribution in [0.4, 0.5) is 0 Å². The van der Waals surface area contributed by atoms with Crippen LogP contribution in [0.25, 0.3) is 10.4 Å². The van der Waals surface area contributed by atoms with Crippen molar-refractivity contribution < 1.29 is 14.4 Å².